The lowest BCUT2D eigenvalue weighted by Gasteiger charge is -2.16. The van der Waals surface area contributed by atoms with Crippen LogP contribution >= 0.6 is 22.9 Å². The van der Waals surface area contributed by atoms with Crippen LogP contribution in [0.2, 0.25) is 0 Å². The average molecular weight is 375 g/mol. The molecule has 0 bridgehead atoms. The van der Waals surface area contributed by atoms with E-state index in [1.54, 1.807) is 27.7 Å². The molecule has 1 N–H and O–H groups in total. The number of ether oxygens (including phenoxy) is 1. The molecule has 0 atom stereocenters. The van der Waals surface area contributed by atoms with Crippen LogP contribution in [0.25, 0.3) is 11.0 Å². The van der Waals surface area contributed by atoms with Gasteiger partial charge in [-0.2, -0.15) is 0 Å². The minimum absolute atomic E-state index is 0.258. The van der Waals surface area contributed by atoms with Crippen molar-refractivity contribution in [3.63, 3.8) is 0 Å². The third-order valence-corrected chi connectivity index (χ3v) is 3.30. The number of nitrogens with zero attached hydrogens (tertiary/aromatic N) is 2. The van der Waals surface area contributed by atoms with Gasteiger partial charge >= 0.3 is 5.97 Å². The molecular weight excluding hydrogens is 361 g/mol. The predicted molar refractivity (Wildman–Crippen MR) is 79.6 cm³/mol. The molecule has 0 saturated carbocycles. The number of hydrogen-bond acceptors (Lipinski definition) is 4. The fourth-order valence-electron chi connectivity index (χ4n) is 1.53. The fourth-order valence-corrected chi connectivity index (χ4v) is 1.89. The zero-order chi connectivity index (χ0) is 14.4. The van der Waals surface area contributed by atoms with Gasteiger partial charge in [-0.05, 0) is 27.7 Å². The smallest absolute Gasteiger partial charge is 0.316 e. The summed E-state index contributed by atoms with van der Waals surface area (Å²) >= 11 is 1.84. The normalized spacial score (nSPS) is 11.8. The Kier molecular flexibility index (Phi) is 3.41. The molecule has 0 spiro atoms. The summed E-state index contributed by atoms with van der Waals surface area (Å²) in [4.78, 5) is 31.1. The van der Waals surface area contributed by atoms with Crippen molar-refractivity contribution in [2.75, 3.05) is 0 Å². The van der Waals surface area contributed by atoms with Gasteiger partial charge in [-0.25, -0.2) is 7.76 Å². The maximum atomic E-state index is 12.1. The van der Waals surface area contributed by atoms with Gasteiger partial charge < -0.3 is 9.72 Å². The highest BCUT2D eigenvalue weighted by Crippen LogP contribution is 2.28. The van der Waals surface area contributed by atoms with Gasteiger partial charge in [0, 0.05) is 0 Å². The van der Waals surface area contributed by atoms with E-state index < -0.39 is 5.41 Å². The molecule has 0 fully saturated rings. The Hall–Kier alpha value is -1.38. The van der Waals surface area contributed by atoms with E-state index in [1.807, 2.05) is 22.9 Å². The number of aryl methyl sites for hydroxylation is 1. The molecule has 19 heavy (non-hydrogen) atoms. The van der Waals surface area contributed by atoms with Gasteiger partial charge in [0.2, 0.25) is 0 Å². The molecule has 2 heterocycles. The number of H-pyrrole nitrogens is 1. The number of esters is 1. The monoisotopic (exact) mass is 375 g/mol. The van der Waals surface area contributed by atoms with Gasteiger partial charge in [0.15, 0.2) is 5.75 Å². The van der Waals surface area contributed by atoms with Crippen molar-refractivity contribution in [1.29, 1.82) is 0 Å². The zero-order valence-corrected chi connectivity index (χ0v) is 13.2. The maximum Gasteiger partial charge on any atom is 0.316 e. The molecule has 2 aromatic heterocycles. The first-order valence-corrected chi connectivity index (χ1v) is 6.66. The summed E-state index contributed by atoms with van der Waals surface area (Å²) in [6.45, 7) is 7.01. The minimum Gasteiger partial charge on any atom is -0.423 e. The van der Waals surface area contributed by atoms with Crippen LogP contribution in [0.4, 0.5) is 0 Å². The molecule has 7 heteroatoms. The Morgan fingerprint density at radius 2 is 2.11 bits per heavy atom. The highest BCUT2D eigenvalue weighted by Gasteiger charge is 2.26. The highest BCUT2D eigenvalue weighted by atomic mass is 127. The van der Waals surface area contributed by atoms with Gasteiger partial charge in [-0.15, -0.1) is 0 Å². The summed E-state index contributed by atoms with van der Waals surface area (Å²) < 4.78 is 6.69. The largest absolute Gasteiger partial charge is 0.423 e. The molecule has 0 amide bonds. The van der Waals surface area contributed by atoms with E-state index >= 15 is 0 Å². The first-order chi connectivity index (χ1) is 8.71. The van der Waals surface area contributed by atoms with Crippen molar-refractivity contribution in [1.82, 2.24) is 12.7 Å². The molecule has 6 nitrogen and oxygen atoms in total. The van der Waals surface area contributed by atoms with Gasteiger partial charge in [0.1, 0.15) is 17.4 Å². The quantitative estimate of drug-likeness (QED) is 0.612. The van der Waals surface area contributed by atoms with Gasteiger partial charge in [0.05, 0.1) is 34.0 Å². The Labute approximate surface area is 123 Å². The molecule has 0 aliphatic heterocycles. The number of fused-ring (bicyclic) bond motifs is 1. The number of carbonyl (C=O) groups is 1. The first kappa shape index (κ1) is 14.0. The van der Waals surface area contributed by atoms with Crippen LogP contribution in [0.5, 0.6) is 5.75 Å². The molecule has 0 aliphatic carbocycles. The molecule has 2 aromatic rings. The SMILES string of the molecule is Cc1[nH]c2ncn(I)c(=O)c2c1OC(=O)C(C)(C)C. The second-order valence-corrected chi connectivity index (χ2v) is 6.34. The number of nitrogens with one attached hydrogen (secondary N) is 1. The summed E-state index contributed by atoms with van der Waals surface area (Å²) in [6.07, 6.45) is 1.41. The van der Waals surface area contributed by atoms with E-state index in [9.17, 15) is 9.59 Å². The second kappa shape index (κ2) is 4.62. The topological polar surface area (TPSA) is 77.0 Å². The predicted octanol–water partition coefficient (Wildman–Crippen LogP) is 2.18. The molecule has 0 aromatic carbocycles. The van der Waals surface area contributed by atoms with E-state index in [1.165, 1.54) is 9.11 Å². The van der Waals surface area contributed by atoms with Gasteiger partial charge in [-0.1, -0.05) is 0 Å². The maximum absolute atomic E-state index is 12.1. The second-order valence-electron chi connectivity index (χ2n) is 5.30. The molecule has 0 radical (unpaired) electrons. The van der Waals surface area contributed by atoms with Gasteiger partial charge in [0.25, 0.3) is 5.56 Å². The zero-order valence-electron chi connectivity index (χ0n) is 11.1. The molecule has 102 valence electrons. The van der Waals surface area contributed by atoms with Gasteiger partial charge in [-0.3, -0.25) is 9.59 Å². The van der Waals surface area contributed by atoms with Crippen molar-refractivity contribution < 1.29 is 9.53 Å². The number of halogens is 1. The number of hydrogen-bond donors (Lipinski definition) is 1. The van der Waals surface area contributed by atoms with Crippen molar-refractivity contribution in [3.05, 3.63) is 22.4 Å². The Bertz CT molecular complexity index is 709. The number of aromatic nitrogens is 3. The summed E-state index contributed by atoms with van der Waals surface area (Å²) in [6, 6.07) is 0. The summed E-state index contributed by atoms with van der Waals surface area (Å²) in [5, 5.41) is 0.298. The van der Waals surface area contributed by atoms with Crippen LogP contribution < -0.4 is 10.3 Å². The fraction of sp³-hybridized carbons (Fsp3) is 0.417. The van der Waals surface area contributed by atoms with Crippen LogP contribution in [0.3, 0.4) is 0 Å². The highest BCUT2D eigenvalue weighted by molar-refractivity contribution is 14.1. The van der Waals surface area contributed by atoms with E-state index in [-0.39, 0.29) is 17.3 Å². The van der Waals surface area contributed by atoms with Crippen LogP contribution in [-0.4, -0.2) is 18.7 Å². The van der Waals surface area contributed by atoms with E-state index in [0.29, 0.717) is 16.7 Å². The van der Waals surface area contributed by atoms with E-state index in [0.717, 1.165) is 0 Å². The molecule has 0 unspecified atom stereocenters. The van der Waals surface area contributed by atoms with Crippen molar-refractivity contribution >= 4 is 39.9 Å². The molecule has 2 rings (SSSR count). The lowest BCUT2D eigenvalue weighted by atomic mass is 9.97. The first-order valence-electron chi connectivity index (χ1n) is 5.70. The van der Waals surface area contributed by atoms with Crippen LogP contribution in [0, 0.1) is 12.3 Å². The third-order valence-electron chi connectivity index (χ3n) is 2.61. The van der Waals surface area contributed by atoms with Crippen molar-refractivity contribution in [2.24, 2.45) is 5.41 Å². The number of carbonyl (C=O) groups excluding carboxylic acids is 1. The summed E-state index contributed by atoms with van der Waals surface area (Å²) in [5.41, 5.74) is 0.139. The van der Waals surface area contributed by atoms with E-state index in [2.05, 4.69) is 9.97 Å². The molecular formula is C12H14IN3O3. The molecule has 0 aliphatic rings. The van der Waals surface area contributed by atoms with Crippen molar-refractivity contribution in [2.45, 2.75) is 27.7 Å². The van der Waals surface area contributed by atoms with Crippen molar-refractivity contribution in [3.8, 4) is 5.75 Å². The minimum atomic E-state index is -0.637. The Morgan fingerprint density at radius 1 is 1.47 bits per heavy atom. The number of aromatic amines is 1. The average Bonchev–Trinajstić information content (AvgIpc) is 2.60. The lowest BCUT2D eigenvalue weighted by molar-refractivity contribution is -0.142. The number of rotatable bonds is 1. The Balaban J connectivity index is 2.61. The van der Waals surface area contributed by atoms with Crippen LogP contribution in [-0.2, 0) is 4.79 Å². The summed E-state index contributed by atoms with van der Waals surface area (Å²) in [7, 11) is 0. The van der Waals surface area contributed by atoms with Crippen LogP contribution in [0.1, 0.15) is 26.5 Å². The summed E-state index contributed by atoms with van der Waals surface area (Å²) in [5.74, 6) is -0.127. The lowest BCUT2D eigenvalue weighted by Crippen LogP contribution is -2.26. The standard InChI is InChI=1S/C12H14IN3O3/c1-6-8(19-11(18)12(2,3)4)7-9(15-6)14-5-16(13)10(7)17/h5,15H,1-4H3. The van der Waals surface area contributed by atoms with Crippen LogP contribution in [0.15, 0.2) is 11.1 Å². The third kappa shape index (κ3) is 2.51. The Morgan fingerprint density at radius 3 is 2.68 bits per heavy atom. The molecule has 0 saturated heterocycles. The van der Waals surface area contributed by atoms with E-state index in [4.69, 9.17) is 4.74 Å².